The van der Waals surface area contributed by atoms with Gasteiger partial charge in [-0.1, -0.05) is 120 Å². The van der Waals surface area contributed by atoms with E-state index >= 15 is 0 Å². The molecule has 4 heteroatoms. The van der Waals surface area contributed by atoms with Crippen LogP contribution in [0.3, 0.4) is 0 Å². The van der Waals surface area contributed by atoms with E-state index in [4.69, 9.17) is 0 Å². The van der Waals surface area contributed by atoms with Gasteiger partial charge in [0.25, 0.3) is 0 Å². The third-order valence-corrected chi connectivity index (χ3v) is 14.5. The molecule has 4 nitrogen and oxygen atoms in total. The summed E-state index contributed by atoms with van der Waals surface area (Å²) >= 11 is 0. The maximum atomic E-state index is 11.5. The van der Waals surface area contributed by atoms with Gasteiger partial charge < -0.3 is 10.2 Å². The largest absolute Gasteiger partial charge is 0.393 e. The molecule has 4 fully saturated rings. The molecule has 0 amide bonds. The number of ketones is 2. The van der Waals surface area contributed by atoms with Crippen LogP contribution in [-0.2, 0) is 9.59 Å². The third kappa shape index (κ3) is 30.5. The molecule has 4 aliphatic carbocycles. The Morgan fingerprint density at radius 3 is 0.985 bits per heavy atom. The van der Waals surface area contributed by atoms with Crippen molar-refractivity contribution >= 4 is 11.6 Å². The van der Waals surface area contributed by atoms with Crippen LogP contribution in [0.15, 0.2) is 93.2 Å². The molecule has 6 atom stereocenters. The number of Topliss-reactive ketones (excluding diaryl/α,β-unsaturated/α-hetero) is 2. The lowest BCUT2D eigenvalue weighted by Gasteiger charge is -2.12. The predicted octanol–water partition coefficient (Wildman–Crippen LogP) is 18.1. The molecule has 0 aromatic carbocycles. The average Bonchev–Trinajstić information content (AvgIpc) is 4.10. The number of hydrogen-bond acceptors (Lipinski definition) is 4. The SMILES string of the molecule is CC(C)=CCC/C(C)=C/CC1CCCC1=O.CC(C)=CCC/C(C)=C/CC1CCCC1O.CC/C(C)=C/CC/C(C)=C/CC1CCCC1=O.CC/C(C)=C/CC/C(C)=C/CC1CCCC1O. The molecule has 0 aromatic rings. The molecule has 2 N–H and O–H groups in total. The summed E-state index contributed by atoms with van der Waals surface area (Å²) in [6.45, 7) is 26.2. The van der Waals surface area contributed by atoms with Gasteiger partial charge in [-0.15, -0.1) is 0 Å². The Hall–Kier alpha value is -2.82. The quantitative estimate of drug-likeness (QED) is 0.106. The van der Waals surface area contributed by atoms with E-state index in [2.05, 4.69) is 132 Å². The minimum Gasteiger partial charge on any atom is -0.393 e. The second-order valence-electron chi connectivity index (χ2n) is 21.3. The van der Waals surface area contributed by atoms with Gasteiger partial charge in [-0.05, 0) is 222 Å². The molecule has 0 bridgehead atoms. The summed E-state index contributed by atoms with van der Waals surface area (Å²) < 4.78 is 0. The topological polar surface area (TPSA) is 74.6 Å². The molecule has 66 heavy (non-hydrogen) atoms. The van der Waals surface area contributed by atoms with Crippen LogP contribution in [0.4, 0.5) is 0 Å². The summed E-state index contributed by atoms with van der Waals surface area (Å²) in [5.41, 5.74) is 11.6. The number of allylic oxidation sites excluding steroid dienone is 16. The second kappa shape index (κ2) is 37.1. The van der Waals surface area contributed by atoms with Crippen LogP contribution < -0.4 is 0 Å². The monoisotopic (exact) mass is 913 g/mol. The van der Waals surface area contributed by atoms with E-state index in [0.717, 1.165) is 135 Å². The van der Waals surface area contributed by atoms with Crippen molar-refractivity contribution in [3.05, 3.63) is 93.2 Å². The second-order valence-corrected chi connectivity index (χ2v) is 21.3. The van der Waals surface area contributed by atoms with Gasteiger partial charge >= 0.3 is 0 Å². The zero-order chi connectivity index (χ0) is 49.3. The molecule has 376 valence electrons. The van der Waals surface area contributed by atoms with Crippen molar-refractivity contribution in [2.75, 3.05) is 0 Å². The molecule has 0 saturated heterocycles. The zero-order valence-corrected chi connectivity index (χ0v) is 45.2. The lowest BCUT2D eigenvalue weighted by atomic mass is 9.99. The smallest absolute Gasteiger partial charge is 0.136 e. The summed E-state index contributed by atoms with van der Waals surface area (Å²) in [5, 5.41) is 19.5. The predicted molar refractivity (Wildman–Crippen MR) is 289 cm³/mol. The number of carbonyl (C=O) groups excluding carboxylic acids is 2. The van der Waals surface area contributed by atoms with Crippen LogP contribution in [0.2, 0.25) is 0 Å². The highest BCUT2D eigenvalue weighted by atomic mass is 16.3. The van der Waals surface area contributed by atoms with Crippen molar-refractivity contribution < 1.29 is 19.8 Å². The van der Waals surface area contributed by atoms with Gasteiger partial charge in [0.15, 0.2) is 0 Å². The zero-order valence-electron chi connectivity index (χ0n) is 45.2. The highest BCUT2D eigenvalue weighted by molar-refractivity contribution is 5.83. The lowest BCUT2D eigenvalue weighted by molar-refractivity contribution is -0.121. The Balaban J connectivity index is 0.000000440. The van der Waals surface area contributed by atoms with Crippen molar-refractivity contribution in [3.8, 4) is 0 Å². The fourth-order valence-corrected chi connectivity index (χ4v) is 9.22. The van der Waals surface area contributed by atoms with E-state index < -0.39 is 0 Å². The molecule has 4 aliphatic rings. The number of rotatable bonds is 22. The van der Waals surface area contributed by atoms with Crippen LogP contribution in [0.5, 0.6) is 0 Å². The molecular formula is C62H104O4. The molecule has 4 saturated carbocycles. The van der Waals surface area contributed by atoms with E-state index in [1.165, 1.54) is 76.7 Å². The Morgan fingerprint density at radius 2 is 0.727 bits per heavy atom. The Bertz CT molecular complexity index is 1620. The fraction of sp³-hybridized carbons (Fsp3) is 0.710. The van der Waals surface area contributed by atoms with E-state index in [1.807, 2.05) is 0 Å². The normalized spacial score (nSPS) is 24.0. The van der Waals surface area contributed by atoms with E-state index in [1.54, 1.807) is 0 Å². The lowest BCUT2D eigenvalue weighted by Crippen LogP contribution is -2.11. The van der Waals surface area contributed by atoms with Crippen LogP contribution in [0.1, 0.15) is 250 Å². The van der Waals surface area contributed by atoms with Crippen molar-refractivity contribution in [2.24, 2.45) is 23.7 Å². The van der Waals surface area contributed by atoms with Crippen LogP contribution in [-0.4, -0.2) is 34.0 Å². The minimum absolute atomic E-state index is 0.0400. The van der Waals surface area contributed by atoms with E-state index in [0.29, 0.717) is 35.2 Å². The Kier molecular flexibility index (Phi) is 34.4. The van der Waals surface area contributed by atoms with E-state index in [9.17, 15) is 19.8 Å². The van der Waals surface area contributed by atoms with Gasteiger partial charge in [0.05, 0.1) is 12.2 Å². The maximum absolute atomic E-state index is 11.5. The number of carbonyl (C=O) groups is 2. The Labute approximate surface area is 408 Å². The highest BCUT2D eigenvalue weighted by Crippen LogP contribution is 2.31. The number of aliphatic hydroxyl groups is 2. The summed E-state index contributed by atoms with van der Waals surface area (Å²) in [6.07, 6.45) is 46.9. The average molecular weight is 914 g/mol. The summed E-state index contributed by atoms with van der Waals surface area (Å²) in [7, 11) is 0. The Morgan fingerprint density at radius 1 is 0.409 bits per heavy atom. The first kappa shape index (κ1) is 61.2. The molecular weight excluding hydrogens is 809 g/mol. The van der Waals surface area contributed by atoms with Gasteiger partial charge in [-0.3, -0.25) is 9.59 Å². The summed E-state index contributed by atoms with van der Waals surface area (Å²) in [6, 6.07) is 0. The van der Waals surface area contributed by atoms with E-state index in [-0.39, 0.29) is 12.2 Å². The summed E-state index contributed by atoms with van der Waals surface area (Å²) in [4.78, 5) is 22.9. The minimum atomic E-state index is -0.0405. The first-order valence-corrected chi connectivity index (χ1v) is 27.1. The molecule has 0 aliphatic heterocycles. The third-order valence-electron chi connectivity index (χ3n) is 14.5. The van der Waals surface area contributed by atoms with Crippen molar-refractivity contribution in [1.82, 2.24) is 0 Å². The fourth-order valence-electron chi connectivity index (χ4n) is 9.22. The highest BCUT2D eigenvalue weighted by Gasteiger charge is 2.25. The van der Waals surface area contributed by atoms with Crippen molar-refractivity contribution in [3.63, 3.8) is 0 Å². The van der Waals surface area contributed by atoms with Crippen molar-refractivity contribution in [1.29, 1.82) is 0 Å². The standard InChI is InChI=1S/C16H28O.C16H26O.C15H26O.C15H24O/c2*1-4-13(2)7-5-8-14(3)11-12-15-9-6-10-16(15)17;2*1-12(2)6-4-7-13(3)10-11-14-8-5-9-15(14)16/h7,11,15-17H,4-6,8-10,12H2,1-3H3;7,11,15H,4-6,8-10,12H2,1-3H3;6,10,14-16H,4-5,7-9,11H2,1-3H3;6,10,14H,4-5,7-9,11H2,1-3H3/b2*13-7+,14-11+;2*13-10+. The van der Waals surface area contributed by atoms with Crippen LogP contribution in [0.25, 0.3) is 0 Å². The maximum Gasteiger partial charge on any atom is 0.136 e. The summed E-state index contributed by atoms with van der Waals surface area (Å²) in [5.74, 6) is 2.68. The van der Waals surface area contributed by atoms with Gasteiger partial charge in [-0.25, -0.2) is 0 Å². The van der Waals surface area contributed by atoms with Gasteiger partial charge in [0.2, 0.25) is 0 Å². The van der Waals surface area contributed by atoms with Gasteiger partial charge in [0.1, 0.15) is 11.6 Å². The number of hydrogen-bond donors (Lipinski definition) is 2. The first-order valence-electron chi connectivity index (χ1n) is 27.1. The van der Waals surface area contributed by atoms with Crippen LogP contribution in [0, 0.1) is 23.7 Å². The number of aliphatic hydroxyl groups excluding tert-OH is 2. The molecule has 6 unspecified atom stereocenters. The van der Waals surface area contributed by atoms with Gasteiger partial charge in [0, 0.05) is 24.7 Å². The van der Waals surface area contributed by atoms with Crippen molar-refractivity contribution in [2.45, 2.75) is 262 Å². The molecule has 4 rings (SSSR count). The molecule has 0 radical (unpaired) electrons. The molecule has 0 heterocycles. The van der Waals surface area contributed by atoms with Crippen LogP contribution >= 0.6 is 0 Å². The molecule has 0 spiro atoms. The van der Waals surface area contributed by atoms with Gasteiger partial charge in [-0.2, -0.15) is 0 Å². The molecule has 0 aromatic heterocycles. The first-order chi connectivity index (χ1) is 31.4.